The summed E-state index contributed by atoms with van der Waals surface area (Å²) in [4.78, 5) is 2.31. The number of hydrogen-bond donors (Lipinski definition) is 0. The van der Waals surface area contributed by atoms with Crippen molar-refractivity contribution in [3.63, 3.8) is 0 Å². The summed E-state index contributed by atoms with van der Waals surface area (Å²) < 4.78 is 0. The van der Waals surface area contributed by atoms with E-state index < -0.39 is 0 Å². The molecule has 0 aromatic heterocycles. The minimum atomic E-state index is 0.311. The minimum absolute atomic E-state index is 0.311. The lowest BCUT2D eigenvalue weighted by Gasteiger charge is -2.32. The first-order valence-corrected chi connectivity index (χ1v) is 8.41. The standard InChI is InChI=1S/C23H23N/c1-20(12-11-15-21-13-5-2-6-14-21)24(22-16-7-3-8-17-22)23-18-9-4-10-19-23/h2-14,16-18,23H,1,15,19H2/b12-11-. The summed E-state index contributed by atoms with van der Waals surface area (Å²) in [6, 6.07) is 21.3. The van der Waals surface area contributed by atoms with E-state index in [1.165, 1.54) is 11.3 Å². The van der Waals surface area contributed by atoms with Crippen molar-refractivity contribution in [2.45, 2.75) is 18.9 Å². The summed E-state index contributed by atoms with van der Waals surface area (Å²) in [6.07, 6.45) is 14.9. The number of allylic oxidation sites excluding steroid dienone is 4. The van der Waals surface area contributed by atoms with Gasteiger partial charge in [0.1, 0.15) is 0 Å². The highest BCUT2D eigenvalue weighted by Crippen LogP contribution is 2.25. The number of hydrogen-bond acceptors (Lipinski definition) is 1. The molecule has 1 atom stereocenters. The maximum absolute atomic E-state index is 4.32. The maximum Gasteiger partial charge on any atom is 0.0559 e. The number of rotatable bonds is 6. The van der Waals surface area contributed by atoms with Crippen LogP contribution in [-0.2, 0) is 6.42 Å². The summed E-state index contributed by atoms with van der Waals surface area (Å²) in [5, 5.41) is 0. The zero-order valence-electron chi connectivity index (χ0n) is 13.9. The molecule has 1 unspecified atom stereocenters. The molecule has 1 nitrogen and oxygen atoms in total. The molecule has 0 fully saturated rings. The highest BCUT2D eigenvalue weighted by molar-refractivity contribution is 5.56. The Morgan fingerprint density at radius 1 is 1.00 bits per heavy atom. The first-order chi connectivity index (χ1) is 11.8. The van der Waals surface area contributed by atoms with Crippen molar-refractivity contribution in [2.24, 2.45) is 0 Å². The Labute approximate surface area is 144 Å². The third kappa shape index (κ3) is 4.14. The van der Waals surface area contributed by atoms with Crippen molar-refractivity contribution < 1.29 is 0 Å². The van der Waals surface area contributed by atoms with E-state index in [1.807, 2.05) is 12.1 Å². The third-order valence-electron chi connectivity index (χ3n) is 4.14. The van der Waals surface area contributed by atoms with E-state index in [9.17, 15) is 0 Å². The molecule has 1 heteroatoms. The van der Waals surface area contributed by atoms with Gasteiger partial charge in [-0.2, -0.15) is 0 Å². The fourth-order valence-electron chi connectivity index (χ4n) is 2.94. The number of anilines is 1. The van der Waals surface area contributed by atoms with Crippen LogP contribution in [0, 0.1) is 0 Å². The Bertz CT molecular complexity index is 738. The number of para-hydroxylation sites is 1. The monoisotopic (exact) mass is 313 g/mol. The smallest absolute Gasteiger partial charge is 0.0559 e. The van der Waals surface area contributed by atoms with Gasteiger partial charge in [0.2, 0.25) is 0 Å². The molecule has 120 valence electrons. The molecule has 2 aromatic carbocycles. The Hall–Kier alpha value is -2.80. The quantitative estimate of drug-likeness (QED) is 0.619. The largest absolute Gasteiger partial charge is 0.335 e. The van der Waals surface area contributed by atoms with E-state index in [0.717, 1.165) is 18.5 Å². The SMILES string of the molecule is C=C(/C=C\Cc1ccccc1)N(c1ccccc1)C1C=CC=CC1. The molecule has 0 radical (unpaired) electrons. The lowest BCUT2D eigenvalue weighted by Crippen LogP contribution is -2.32. The first-order valence-electron chi connectivity index (χ1n) is 8.41. The van der Waals surface area contributed by atoms with Gasteiger partial charge >= 0.3 is 0 Å². The Morgan fingerprint density at radius 2 is 1.71 bits per heavy atom. The normalized spacial score (nSPS) is 16.4. The average Bonchev–Trinajstić information content (AvgIpc) is 2.65. The van der Waals surface area contributed by atoms with E-state index in [1.54, 1.807) is 0 Å². The van der Waals surface area contributed by atoms with Crippen LogP contribution in [0.2, 0.25) is 0 Å². The van der Waals surface area contributed by atoms with Gasteiger partial charge in [-0.3, -0.25) is 0 Å². The van der Waals surface area contributed by atoms with E-state index in [2.05, 4.69) is 96.5 Å². The summed E-state index contributed by atoms with van der Waals surface area (Å²) in [5.74, 6) is 0. The molecule has 0 amide bonds. The van der Waals surface area contributed by atoms with Crippen LogP contribution in [0.1, 0.15) is 12.0 Å². The van der Waals surface area contributed by atoms with Crippen LogP contribution in [0.3, 0.4) is 0 Å². The van der Waals surface area contributed by atoms with Crippen LogP contribution in [-0.4, -0.2) is 6.04 Å². The zero-order valence-corrected chi connectivity index (χ0v) is 13.9. The highest BCUT2D eigenvalue weighted by Gasteiger charge is 2.18. The predicted octanol–water partition coefficient (Wildman–Crippen LogP) is 5.69. The lowest BCUT2D eigenvalue weighted by molar-refractivity contribution is 0.763. The van der Waals surface area contributed by atoms with Gasteiger partial charge in [-0.15, -0.1) is 0 Å². The van der Waals surface area contributed by atoms with Crippen LogP contribution in [0.4, 0.5) is 5.69 Å². The molecule has 0 bridgehead atoms. The van der Waals surface area contributed by atoms with E-state index in [4.69, 9.17) is 0 Å². The van der Waals surface area contributed by atoms with Crippen LogP contribution >= 0.6 is 0 Å². The summed E-state index contributed by atoms with van der Waals surface area (Å²) in [6.45, 7) is 4.32. The van der Waals surface area contributed by atoms with Gasteiger partial charge in [-0.1, -0.05) is 85.5 Å². The fraction of sp³-hybridized carbons (Fsp3) is 0.130. The minimum Gasteiger partial charge on any atom is -0.335 e. The second-order valence-electron chi connectivity index (χ2n) is 5.91. The van der Waals surface area contributed by atoms with E-state index in [-0.39, 0.29) is 0 Å². The molecular weight excluding hydrogens is 290 g/mol. The van der Waals surface area contributed by atoms with Crippen molar-refractivity contribution in [3.05, 3.63) is 115 Å². The molecule has 0 heterocycles. The summed E-state index contributed by atoms with van der Waals surface area (Å²) >= 11 is 0. The van der Waals surface area contributed by atoms with Gasteiger partial charge in [0, 0.05) is 11.4 Å². The van der Waals surface area contributed by atoms with Crippen LogP contribution in [0.5, 0.6) is 0 Å². The molecular formula is C23H23N. The number of nitrogens with zero attached hydrogens (tertiary/aromatic N) is 1. The van der Waals surface area contributed by atoms with Gasteiger partial charge in [0.25, 0.3) is 0 Å². The van der Waals surface area contributed by atoms with Crippen LogP contribution in [0.25, 0.3) is 0 Å². The summed E-state index contributed by atoms with van der Waals surface area (Å²) in [7, 11) is 0. The topological polar surface area (TPSA) is 3.24 Å². The number of benzene rings is 2. The summed E-state index contributed by atoms with van der Waals surface area (Å²) in [5.41, 5.74) is 3.51. The predicted molar refractivity (Wildman–Crippen MR) is 104 cm³/mol. The fourth-order valence-corrected chi connectivity index (χ4v) is 2.94. The second-order valence-corrected chi connectivity index (χ2v) is 5.91. The molecule has 0 saturated heterocycles. The molecule has 1 aliphatic carbocycles. The van der Waals surface area contributed by atoms with Crippen molar-refractivity contribution in [1.82, 2.24) is 0 Å². The van der Waals surface area contributed by atoms with Crippen molar-refractivity contribution in [2.75, 3.05) is 4.90 Å². The lowest BCUT2D eigenvalue weighted by atomic mass is 10.0. The molecule has 3 rings (SSSR count). The van der Waals surface area contributed by atoms with Gasteiger partial charge < -0.3 is 4.90 Å². The Kier molecular flexibility index (Phi) is 5.47. The first kappa shape index (κ1) is 16.1. The highest BCUT2D eigenvalue weighted by atomic mass is 15.2. The van der Waals surface area contributed by atoms with Gasteiger partial charge in [-0.05, 0) is 36.6 Å². The molecule has 24 heavy (non-hydrogen) atoms. The van der Waals surface area contributed by atoms with Gasteiger partial charge in [-0.25, -0.2) is 0 Å². The molecule has 2 aromatic rings. The van der Waals surface area contributed by atoms with Crippen LogP contribution < -0.4 is 4.90 Å². The van der Waals surface area contributed by atoms with E-state index >= 15 is 0 Å². The average molecular weight is 313 g/mol. The molecule has 0 spiro atoms. The van der Waals surface area contributed by atoms with Crippen molar-refractivity contribution in [3.8, 4) is 0 Å². The molecule has 0 aliphatic heterocycles. The molecule has 0 saturated carbocycles. The van der Waals surface area contributed by atoms with Gasteiger partial charge in [0.15, 0.2) is 0 Å². The molecule has 0 N–H and O–H groups in total. The van der Waals surface area contributed by atoms with Crippen LogP contribution in [0.15, 0.2) is 109 Å². The van der Waals surface area contributed by atoms with Gasteiger partial charge in [0.05, 0.1) is 6.04 Å². The van der Waals surface area contributed by atoms with Crippen molar-refractivity contribution >= 4 is 5.69 Å². The van der Waals surface area contributed by atoms with Crippen molar-refractivity contribution in [1.29, 1.82) is 0 Å². The Morgan fingerprint density at radius 3 is 2.38 bits per heavy atom. The molecule has 1 aliphatic rings. The second kappa shape index (κ2) is 8.16. The maximum atomic E-state index is 4.32. The zero-order chi connectivity index (χ0) is 16.6. The Balaban J connectivity index is 1.76. The third-order valence-corrected chi connectivity index (χ3v) is 4.14. The van der Waals surface area contributed by atoms with E-state index in [0.29, 0.717) is 6.04 Å².